The van der Waals surface area contributed by atoms with Crippen molar-refractivity contribution in [2.24, 2.45) is 0 Å². The first-order valence-electron chi connectivity index (χ1n) is 5.70. The number of halogens is 1. The Labute approximate surface area is 98.5 Å². The van der Waals surface area contributed by atoms with Crippen molar-refractivity contribution in [3.8, 4) is 0 Å². The lowest BCUT2D eigenvalue weighted by molar-refractivity contribution is 0.584. The minimum atomic E-state index is -0.467. The fraction of sp³-hybridized carbons (Fsp3) is 0.333. The summed E-state index contributed by atoms with van der Waals surface area (Å²) >= 11 is 0. The van der Waals surface area contributed by atoms with E-state index in [1.165, 1.54) is 18.9 Å². The summed E-state index contributed by atoms with van der Waals surface area (Å²) in [5, 5.41) is 3.10. The van der Waals surface area contributed by atoms with Crippen molar-refractivity contribution >= 4 is 5.82 Å². The summed E-state index contributed by atoms with van der Waals surface area (Å²) in [5.41, 5.74) is 1.11. The molecule has 1 aliphatic rings. The molecule has 0 bridgehead atoms. The molecule has 0 saturated heterocycles. The van der Waals surface area contributed by atoms with E-state index >= 15 is 0 Å². The molecule has 2 aromatic rings. The Kier molecular flexibility index (Phi) is 2.51. The molecule has 2 aromatic heterocycles. The van der Waals surface area contributed by atoms with Crippen LogP contribution < -0.4 is 5.32 Å². The molecule has 1 aliphatic carbocycles. The summed E-state index contributed by atoms with van der Waals surface area (Å²) in [7, 11) is 0. The van der Waals surface area contributed by atoms with Gasteiger partial charge in [0, 0.05) is 12.2 Å². The van der Waals surface area contributed by atoms with E-state index in [-0.39, 0.29) is 0 Å². The number of nitrogens with one attached hydrogen (secondary N) is 1. The third-order valence-electron chi connectivity index (χ3n) is 2.85. The molecule has 5 heteroatoms. The predicted octanol–water partition coefficient (Wildman–Crippen LogP) is 2.36. The van der Waals surface area contributed by atoms with Crippen LogP contribution in [0.5, 0.6) is 0 Å². The second kappa shape index (κ2) is 4.16. The molecule has 0 aliphatic heterocycles. The van der Waals surface area contributed by atoms with Gasteiger partial charge in [0.1, 0.15) is 5.82 Å². The third-order valence-corrected chi connectivity index (χ3v) is 2.85. The number of pyridine rings is 1. The summed E-state index contributed by atoms with van der Waals surface area (Å²) in [6, 6.07) is 5.33. The van der Waals surface area contributed by atoms with E-state index in [9.17, 15) is 4.39 Å². The lowest BCUT2D eigenvalue weighted by Gasteiger charge is -2.08. The molecule has 0 atom stereocenters. The average molecular weight is 232 g/mol. The standard InChI is InChI=1S/C12H13FN4/c13-11-2-1-3-12(16-11)15-7-10-6-14-8-17(10)9-4-5-9/h1-3,6,8-9H,4-5,7H2,(H,15,16). The smallest absolute Gasteiger partial charge is 0.214 e. The summed E-state index contributed by atoms with van der Waals surface area (Å²) in [5.74, 6) is 0.0826. The van der Waals surface area contributed by atoms with Gasteiger partial charge in [0.2, 0.25) is 5.95 Å². The van der Waals surface area contributed by atoms with Crippen LogP contribution in [0.4, 0.5) is 10.2 Å². The van der Waals surface area contributed by atoms with Gasteiger partial charge in [-0.1, -0.05) is 6.07 Å². The zero-order chi connectivity index (χ0) is 11.7. The normalized spacial score (nSPS) is 14.9. The van der Waals surface area contributed by atoms with E-state index in [1.54, 1.807) is 12.1 Å². The molecular formula is C12H13FN4. The highest BCUT2D eigenvalue weighted by molar-refractivity contribution is 5.34. The maximum atomic E-state index is 12.9. The highest BCUT2D eigenvalue weighted by Crippen LogP contribution is 2.35. The molecule has 0 aromatic carbocycles. The summed E-state index contributed by atoms with van der Waals surface area (Å²) < 4.78 is 15.1. The monoisotopic (exact) mass is 232 g/mol. The number of rotatable bonds is 4. The molecule has 0 spiro atoms. The van der Waals surface area contributed by atoms with E-state index in [0.29, 0.717) is 18.4 Å². The van der Waals surface area contributed by atoms with Gasteiger partial charge < -0.3 is 9.88 Å². The van der Waals surface area contributed by atoms with E-state index in [0.717, 1.165) is 5.69 Å². The van der Waals surface area contributed by atoms with Crippen molar-refractivity contribution in [1.29, 1.82) is 0 Å². The van der Waals surface area contributed by atoms with Crippen LogP contribution in [0.1, 0.15) is 24.6 Å². The Hall–Kier alpha value is -1.91. The van der Waals surface area contributed by atoms with Gasteiger partial charge in [0.05, 0.1) is 18.6 Å². The summed E-state index contributed by atoms with van der Waals surface area (Å²) in [6.45, 7) is 0.618. The van der Waals surface area contributed by atoms with Crippen LogP contribution >= 0.6 is 0 Å². The second-order valence-electron chi connectivity index (χ2n) is 4.22. The zero-order valence-electron chi connectivity index (χ0n) is 9.31. The van der Waals surface area contributed by atoms with E-state index < -0.39 is 5.95 Å². The Morgan fingerprint density at radius 3 is 3.06 bits per heavy atom. The van der Waals surface area contributed by atoms with Gasteiger partial charge in [0.15, 0.2) is 0 Å². The Morgan fingerprint density at radius 1 is 1.41 bits per heavy atom. The highest BCUT2D eigenvalue weighted by atomic mass is 19.1. The van der Waals surface area contributed by atoms with Crippen LogP contribution in [0.15, 0.2) is 30.7 Å². The first-order valence-corrected chi connectivity index (χ1v) is 5.70. The lowest BCUT2D eigenvalue weighted by Crippen LogP contribution is -2.07. The van der Waals surface area contributed by atoms with Gasteiger partial charge in [-0.25, -0.2) is 9.97 Å². The number of aromatic nitrogens is 3. The first kappa shape index (κ1) is 10.3. The molecular weight excluding hydrogens is 219 g/mol. The molecule has 1 fully saturated rings. The average Bonchev–Trinajstić information content (AvgIpc) is 3.06. The molecule has 1 saturated carbocycles. The van der Waals surface area contributed by atoms with Gasteiger partial charge >= 0.3 is 0 Å². The number of nitrogens with zero attached hydrogens (tertiary/aromatic N) is 3. The molecule has 0 amide bonds. The SMILES string of the molecule is Fc1cccc(NCc2cncn2C2CC2)n1. The summed E-state index contributed by atoms with van der Waals surface area (Å²) in [6.07, 6.45) is 6.14. The van der Waals surface area contributed by atoms with Crippen LogP contribution in [-0.2, 0) is 6.54 Å². The maximum Gasteiger partial charge on any atom is 0.214 e. The lowest BCUT2D eigenvalue weighted by atomic mass is 10.4. The van der Waals surface area contributed by atoms with E-state index in [1.807, 2.05) is 12.5 Å². The van der Waals surface area contributed by atoms with E-state index in [4.69, 9.17) is 0 Å². The summed E-state index contributed by atoms with van der Waals surface area (Å²) in [4.78, 5) is 7.90. The van der Waals surface area contributed by atoms with Gasteiger partial charge in [0.25, 0.3) is 0 Å². The molecule has 88 valence electrons. The zero-order valence-corrected chi connectivity index (χ0v) is 9.31. The fourth-order valence-electron chi connectivity index (χ4n) is 1.84. The molecule has 0 unspecified atom stereocenters. The maximum absolute atomic E-state index is 12.9. The number of imidazole rings is 1. The van der Waals surface area contributed by atoms with Crippen LogP contribution in [-0.4, -0.2) is 14.5 Å². The minimum Gasteiger partial charge on any atom is -0.364 e. The number of anilines is 1. The number of hydrogen-bond acceptors (Lipinski definition) is 3. The van der Waals surface area contributed by atoms with E-state index in [2.05, 4.69) is 19.9 Å². The predicted molar refractivity (Wildman–Crippen MR) is 62.0 cm³/mol. The van der Waals surface area contributed by atoms with Crippen molar-refractivity contribution in [2.45, 2.75) is 25.4 Å². The topological polar surface area (TPSA) is 42.7 Å². The quantitative estimate of drug-likeness (QED) is 0.823. The molecule has 1 N–H and O–H groups in total. The molecule has 17 heavy (non-hydrogen) atoms. The largest absolute Gasteiger partial charge is 0.364 e. The Balaban J connectivity index is 1.69. The van der Waals surface area contributed by atoms with Crippen molar-refractivity contribution in [2.75, 3.05) is 5.32 Å². The van der Waals surface area contributed by atoms with Crippen molar-refractivity contribution < 1.29 is 4.39 Å². The third kappa shape index (κ3) is 2.27. The van der Waals surface area contributed by atoms with Gasteiger partial charge in [-0.15, -0.1) is 0 Å². The van der Waals surface area contributed by atoms with Crippen LogP contribution in [0, 0.1) is 5.95 Å². The second-order valence-corrected chi connectivity index (χ2v) is 4.22. The van der Waals surface area contributed by atoms with Gasteiger partial charge in [-0.3, -0.25) is 0 Å². The minimum absolute atomic E-state index is 0.467. The first-order chi connectivity index (χ1) is 8.33. The van der Waals surface area contributed by atoms with Crippen LogP contribution in [0.3, 0.4) is 0 Å². The van der Waals surface area contributed by atoms with Crippen molar-refractivity contribution in [3.63, 3.8) is 0 Å². The fourth-order valence-corrected chi connectivity index (χ4v) is 1.84. The van der Waals surface area contributed by atoms with Crippen LogP contribution in [0.2, 0.25) is 0 Å². The molecule has 4 nitrogen and oxygen atoms in total. The highest BCUT2D eigenvalue weighted by Gasteiger charge is 2.24. The number of hydrogen-bond donors (Lipinski definition) is 1. The Morgan fingerprint density at radius 2 is 2.29 bits per heavy atom. The van der Waals surface area contributed by atoms with Crippen molar-refractivity contribution in [3.05, 3.63) is 42.4 Å². The molecule has 0 radical (unpaired) electrons. The van der Waals surface area contributed by atoms with Gasteiger partial charge in [-0.2, -0.15) is 4.39 Å². The van der Waals surface area contributed by atoms with Crippen LogP contribution in [0.25, 0.3) is 0 Å². The molecule has 3 rings (SSSR count). The van der Waals surface area contributed by atoms with Crippen molar-refractivity contribution in [1.82, 2.24) is 14.5 Å². The molecule has 2 heterocycles. The van der Waals surface area contributed by atoms with Gasteiger partial charge in [-0.05, 0) is 25.0 Å². The Bertz CT molecular complexity index is 519.